The lowest BCUT2D eigenvalue weighted by Crippen LogP contribution is -2.39. The Kier molecular flexibility index (Phi) is 5.95. The zero-order valence-corrected chi connectivity index (χ0v) is 12.1. The molecule has 5 nitrogen and oxygen atoms in total. The third-order valence-electron chi connectivity index (χ3n) is 2.07. The van der Waals surface area contributed by atoms with Crippen LogP contribution in [0.3, 0.4) is 0 Å². The largest absolute Gasteiger partial charge is 0.443 e. The molecule has 0 rings (SSSR count). The molecular weight excluding hydrogens is 242 g/mol. The molecule has 0 aromatic heterocycles. The molecule has 0 aliphatic rings. The molecule has 0 saturated heterocycles. The van der Waals surface area contributed by atoms with Gasteiger partial charge in [0.2, 0.25) is 10.0 Å². The molecule has 17 heavy (non-hydrogen) atoms. The Balaban J connectivity index is 4.47. The third kappa shape index (κ3) is 6.51. The van der Waals surface area contributed by atoms with E-state index in [1.165, 1.54) is 7.05 Å². The first-order valence-electron chi connectivity index (χ1n) is 5.79. The van der Waals surface area contributed by atoms with E-state index in [9.17, 15) is 13.2 Å². The summed E-state index contributed by atoms with van der Waals surface area (Å²) in [6.07, 6.45) is 1.51. The monoisotopic (exact) mass is 265 g/mol. The van der Waals surface area contributed by atoms with E-state index in [0.29, 0.717) is 10.7 Å². The summed E-state index contributed by atoms with van der Waals surface area (Å²) in [6, 6.07) is 0. The van der Waals surface area contributed by atoms with Gasteiger partial charge in [0.25, 0.3) is 0 Å². The second-order valence-electron chi connectivity index (χ2n) is 4.97. The van der Waals surface area contributed by atoms with Gasteiger partial charge in [-0.15, -0.1) is 0 Å². The Hall–Kier alpha value is -0.780. The highest BCUT2D eigenvalue weighted by Gasteiger charge is 2.27. The highest BCUT2D eigenvalue weighted by molar-refractivity contribution is 7.89. The van der Waals surface area contributed by atoms with E-state index in [2.05, 4.69) is 0 Å². The third-order valence-corrected chi connectivity index (χ3v) is 3.86. The van der Waals surface area contributed by atoms with Crippen molar-refractivity contribution in [3.63, 3.8) is 0 Å². The van der Waals surface area contributed by atoms with Gasteiger partial charge in [-0.1, -0.05) is 19.8 Å². The van der Waals surface area contributed by atoms with Crippen molar-refractivity contribution in [2.45, 2.75) is 52.6 Å². The Bertz CT molecular complexity index is 343. The van der Waals surface area contributed by atoms with Crippen molar-refractivity contribution < 1.29 is 17.9 Å². The summed E-state index contributed by atoms with van der Waals surface area (Å²) in [5, 5.41) is 0. The zero-order valence-electron chi connectivity index (χ0n) is 11.3. The maximum Gasteiger partial charge on any atom is 0.423 e. The fourth-order valence-corrected chi connectivity index (χ4v) is 2.22. The van der Waals surface area contributed by atoms with Crippen molar-refractivity contribution in [3.05, 3.63) is 0 Å². The minimum Gasteiger partial charge on any atom is -0.443 e. The average Bonchev–Trinajstić information content (AvgIpc) is 2.14. The van der Waals surface area contributed by atoms with Gasteiger partial charge in [-0.05, 0) is 27.2 Å². The summed E-state index contributed by atoms with van der Waals surface area (Å²) in [4.78, 5) is 11.6. The van der Waals surface area contributed by atoms with Gasteiger partial charge in [-0.3, -0.25) is 0 Å². The number of hydrogen-bond donors (Lipinski definition) is 0. The molecule has 0 aromatic rings. The number of unbranched alkanes of at least 4 members (excludes halogenated alkanes) is 2. The van der Waals surface area contributed by atoms with E-state index < -0.39 is 21.7 Å². The summed E-state index contributed by atoms with van der Waals surface area (Å²) in [5.74, 6) is -0.0173. The number of sulfonamides is 1. The quantitative estimate of drug-likeness (QED) is 0.716. The van der Waals surface area contributed by atoms with Crippen LogP contribution >= 0.6 is 0 Å². The first kappa shape index (κ1) is 16.2. The molecule has 0 aromatic carbocycles. The van der Waals surface area contributed by atoms with Crippen LogP contribution < -0.4 is 0 Å². The van der Waals surface area contributed by atoms with Crippen LogP contribution in [0.5, 0.6) is 0 Å². The van der Waals surface area contributed by atoms with E-state index in [1.807, 2.05) is 6.92 Å². The van der Waals surface area contributed by atoms with E-state index in [-0.39, 0.29) is 5.75 Å². The molecule has 0 atom stereocenters. The maximum atomic E-state index is 11.8. The van der Waals surface area contributed by atoms with Crippen molar-refractivity contribution >= 4 is 16.1 Å². The number of carbonyl (C=O) groups is 1. The number of nitrogens with zero attached hydrogens (tertiary/aromatic N) is 1. The van der Waals surface area contributed by atoms with Crippen LogP contribution in [0, 0.1) is 0 Å². The lowest BCUT2D eigenvalue weighted by molar-refractivity contribution is 0.0420. The Morgan fingerprint density at radius 2 is 1.76 bits per heavy atom. The van der Waals surface area contributed by atoms with Gasteiger partial charge in [0.05, 0.1) is 5.75 Å². The molecule has 0 bridgehead atoms. The lowest BCUT2D eigenvalue weighted by Gasteiger charge is -2.24. The highest BCUT2D eigenvalue weighted by atomic mass is 32.2. The molecule has 0 saturated carbocycles. The summed E-state index contributed by atoms with van der Waals surface area (Å²) in [7, 11) is -2.31. The second kappa shape index (κ2) is 6.23. The van der Waals surface area contributed by atoms with Gasteiger partial charge >= 0.3 is 6.09 Å². The molecule has 0 N–H and O–H groups in total. The SMILES string of the molecule is CCCCCS(=O)(=O)N(C)C(=O)OC(C)(C)C. The Labute approximate surface area is 104 Å². The molecular formula is C11H23NO4S. The maximum absolute atomic E-state index is 11.8. The molecule has 0 radical (unpaired) electrons. The van der Waals surface area contributed by atoms with Gasteiger partial charge in [-0.25, -0.2) is 17.5 Å². The van der Waals surface area contributed by atoms with Crippen molar-refractivity contribution in [3.8, 4) is 0 Å². The molecule has 1 amide bonds. The summed E-state index contributed by atoms with van der Waals surface area (Å²) < 4.78 is 29.2. The fraction of sp³-hybridized carbons (Fsp3) is 0.909. The average molecular weight is 265 g/mol. The molecule has 102 valence electrons. The van der Waals surface area contributed by atoms with Crippen LogP contribution in [0.1, 0.15) is 47.0 Å². The normalized spacial score (nSPS) is 12.3. The van der Waals surface area contributed by atoms with Crippen LogP contribution in [0.2, 0.25) is 0 Å². The van der Waals surface area contributed by atoms with Crippen molar-refractivity contribution in [1.29, 1.82) is 0 Å². The van der Waals surface area contributed by atoms with E-state index in [0.717, 1.165) is 12.8 Å². The lowest BCUT2D eigenvalue weighted by atomic mass is 10.2. The van der Waals surface area contributed by atoms with Crippen molar-refractivity contribution in [1.82, 2.24) is 4.31 Å². The van der Waals surface area contributed by atoms with Gasteiger partial charge in [-0.2, -0.15) is 0 Å². The van der Waals surface area contributed by atoms with E-state index in [4.69, 9.17) is 4.74 Å². The van der Waals surface area contributed by atoms with Gasteiger partial charge in [0.1, 0.15) is 5.60 Å². The van der Waals surface area contributed by atoms with Crippen LogP contribution in [-0.4, -0.2) is 37.2 Å². The van der Waals surface area contributed by atoms with E-state index >= 15 is 0 Å². The molecule has 0 fully saturated rings. The van der Waals surface area contributed by atoms with Gasteiger partial charge < -0.3 is 4.74 Å². The molecule has 0 unspecified atom stereocenters. The predicted molar refractivity (Wildman–Crippen MR) is 67.3 cm³/mol. The highest BCUT2D eigenvalue weighted by Crippen LogP contribution is 2.12. The number of hydrogen-bond acceptors (Lipinski definition) is 4. The molecule has 0 aliphatic heterocycles. The topological polar surface area (TPSA) is 63.7 Å². The Morgan fingerprint density at radius 1 is 1.24 bits per heavy atom. The number of carbonyl (C=O) groups excluding carboxylic acids is 1. The van der Waals surface area contributed by atoms with Crippen LogP contribution in [0.25, 0.3) is 0 Å². The number of amides is 1. The summed E-state index contributed by atoms with van der Waals surface area (Å²) >= 11 is 0. The van der Waals surface area contributed by atoms with Crippen molar-refractivity contribution in [2.75, 3.05) is 12.8 Å². The predicted octanol–water partition coefficient (Wildman–Crippen LogP) is 2.37. The molecule has 0 spiro atoms. The van der Waals surface area contributed by atoms with E-state index in [1.54, 1.807) is 20.8 Å². The fourth-order valence-electron chi connectivity index (χ4n) is 1.11. The summed E-state index contributed by atoms with van der Waals surface area (Å²) in [5.41, 5.74) is -0.690. The smallest absolute Gasteiger partial charge is 0.423 e. The standard InChI is InChI=1S/C11H23NO4S/c1-6-7-8-9-17(14,15)12(5)10(13)16-11(2,3)4/h6-9H2,1-5H3. The first-order valence-corrected chi connectivity index (χ1v) is 7.40. The van der Waals surface area contributed by atoms with Gasteiger partial charge in [0, 0.05) is 7.05 Å². The van der Waals surface area contributed by atoms with Crippen LogP contribution in [0.4, 0.5) is 4.79 Å². The number of ether oxygens (including phenoxy) is 1. The Morgan fingerprint density at radius 3 is 2.18 bits per heavy atom. The molecule has 6 heteroatoms. The first-order chi connectivity index (χ1) is 7.60. The minimum absolute atomic E-state index is 0.0173. The minimum atomic E-state index is -3.55. The van der Waals surface area contributed by atoms with Crippen LogP contribution in [-0.2, 0) is 14.8 Å². The summed E-state index contributed by atoms with van der Waals surface area (Å²) in [6.45, 7) is 7.08. The second-order valence-corrected chi connectivity index (χ2v) is 7.09. The van der Waals surface area contributed by atoms with Crippen molar-refractivity contribution in [2.24, 2.45) is 0 Å². The molecule has 0 heterocycles. The van der Waals surface area contributed by atoms with Gasteiger partial charge in [0.15, 0.2) is 0 Å². The zero-order chi connectivity index (χ0) is 13.7. The number of rotatable bonds is 5. The molecule has 0 aliphatic carbocycles. The van der Waals surface area contributed by atoms with Crippen LogP contribution in [0.15, 0.2) is 0 Å².